The van der Waals surface area contributed by atoms with Gasteiger partial charge in [0.2, 0.25) is 0 Å². The zero-order valence-electron chi connectivity index (χ0n) is 21.9. The minimum atomic E-state index is -0.912. The minimum absolute atomic E-state index is 0.0182. The number of rotatable bonds is 9. The Balaban J connectivity index is 1.67. The van der Waals surface area contributed by atoms with E-state index in [1.54, 1.807) is 40.0 Å². The van der Waals surface area contributed by atoms with Gasteiger partial charge in [-0.1, -0.05) is 30.3 Å². The molecule has 4 rings (SSSR count). The van der Waals surface area contributed by atoms with Crippen molar-refractivity contribution in [3.05, 3.63) is 116 Å². The number of hydrogen-bond acceptors (Lipinski definition) is 6. The highest BCUT2D eigenvalue weighted by Gasteiger charge is 2.27. The van der Waals surface area contributed by atoms with Crippen molar-refractivity contribution >= 4 is 11.4 Å². The molecule has 198 valence electrons. The molecule has 1 unspecified atom stereocenters. The molecule has 0 spiro atoms. The van der Waals surface area contributed by atoms with Crippen molar-refractivity contribution in [1.82, 2.24) is 5.32 Å². The highest BCUT2D eigenvalue weighted by Crippen LogP contribution is 2.31. The predicted molar refractivity (Wildman–Crippen MR) is 144 cm³/mol. The second-order valence-corrected chi connectivity index (χ2v) is 10.1. The Bertz CT molecular complexity index is 1500. The Morgan fingerprint density at radius 1 is 0.816 bits per heavy atom. The summed E-state index contributed by atoms with van der Waals surface area (Å²) in [7, 11) is 1.59. The molecule has 0 fully saturated rings. The second-order valence-electron chi connectivity index (χ2n) is 10.1. The van der Waals surface area contributed by atoms with Crippen LogP contribution in [0.5, 0.6) is 11.5 Å². The molecule has 0 radical (unpaired) electrons. The lowest BCUT2D eigenvalue weighted by Crippen LogP contribution is -2.39. The van der Waals surface area contributed by atoms with E-state index >= 15 is 0 Å². The van der Waals surface area contributed by atoms with Crippen LogP contribution in [0.4, 0.5) is 20.2 Å². The molecule has 2 N–H and O–H groups in total. The van der Waals surface area contributed by atoms with Crippen LogP contribution in [0, 0.1) is 11.6 Å². The van der Waals surface area contributed by atoms with E-state index < -0.39 is 28.1 Å². The lowest BCUT2D eigenvalue weighted by atomic mass is 9.96. The van der Waals surface area contributed by atoms with E-state index in [1.807, 2.05) is 49.4 Å². The van der Waals surface area contributed by atoms with Crippen molar-refractivity contribution in [2.75, 3.05) is 12.4 Å². The average molecular weight is 521 g/mol. The summed E-state index contributed by atoms with van der Waals surface area (Å²) in [5, 5.41) is 6.54. The van der Waals surface area contributed by atoms with Gasteiger partial charge in [0.15, 0.2) is 17.4 Å². The van der Waals surface area contributed by atoms with Crippen molar-refractivity contribution < 1.29 is 18.3 Å². The van der Waals surface area contributed by atoms with Gasteiger partial charge in [0.1, 0.15) is 17.0 Å². The topological polar surface area (TPSA) is 76.7 Å². The van der Waals surface area contributed by atoms with Crippen molar-refractivity contribution in [3.8, 4) is 11.5 Å². The zero-order chi connectivity index (χ0) is 27.6. The molecule has 38 heavy (non-hydrogen) atoms. The number of anilines is 2. The first-order valence-corrected chi connectivity index (χ1v) is 12.2. The summed E-state index contributed by atoms with van der Waals surface area (Å²) in [6.07, 6.45) is 0. The molecule has 0 aliphatic rings. The average Bonchev–Trinajstić information content (AvgIpc) is 2.90. The van der Waals surface area contributed by atoms with Gasteiger partial charge in [0, 0.05) is 11.7 Å². The number of halogens is 2. The minimum Gasteiger partial charge on any atom is -0.497 e. The first-order chi connectivity index (χ1) is 18.0. The summed E-state index contributed by atoms with van der Waals surface area (Å²) in [6.45, 7) is 7.26. The van der Waals surface area contributed by atoms with E-state index in [9.17, 15) is 18.4 Å². The molecule has 0 aliphatic heterocycles. The Morgan fingerprint density at radius 2 is 1.50 bits per heavy atom. The van der Waals surface area contributed by atoms with Gasteiger partial charge in [-0.3, -0.25) is 14.9 Å². The van der Waals surface area contributed by atoms with Crippen LogP contribution < -0.4 is 31.0 Å². The third-order valence-corrected chi connectivity index (χ3v) is 6.07. The Hall–Kier alpha value is -4.04. The van der Waals surface area contributed by atoms with Gasteiger partial charge >= 0.3 is 0 Å². The fourth-order valence-electron chi connectivity index (χ4n) is 4.14. The lowest BCUT2D eigenvalue weighted by molar-refractivity contribution is 0.128. The normalized spacial score (nSPS) is 13.2. The fraction of sp³-hybridized carbons (Fsp3) is 0.267. The number of ether oxygens (including phenoxy) is 2. The van der Waals surface area contributed by atoms with Gasteiger partial charge in [0.25, 0.3) is 10.9 Å². The summed E-state index contributed by atoms with van der Waals surface area (Å²) < 4.78 is 38.4. The van der Waals surface area contributed by atoms with E-state index in [2.05, 4.69) is 10.6 Å². The molecule has 0 saturated carbocycles. The van der Waals surface area contributed by atoms with E-state index in [1.165, 1.54) is 6.07 Å². The molecule has 4 aromatic carbocycles. The zero-order valence-corrected chi connectivity index (χ0v) is 21.9. The monoisotopic (exact) mass is 520 g/mol. The van der Waals surface area contributed by atoms with Crippen molar-refractivity contribution in [2.24, 2.45) is 0 Å². The molecule has 0 bridgehead atoms. The number of methoxy groups -OCH3 is 1. The molecule has 0 aliphatic carbocycles. The fourth-order valence-corrected chi connectivity index (χ4v) is 4.14. The number of nitrogens with one attached hydrogen (secondary N) is 2. The van der Waals surface area contributed by atoms with Crippen molar-refractivity contribution in [3.63, 3.8) is 0 Å². The van der Waals surface area contributed by atoms with E-state index in [4.69, 9.17) is 9.47 Å². The molecule has 0 aromatic heterocycles. The first kappa shape index (κ1) is 27.0. The molecule has 2 atom stereocenters. The Labute approximate surface area is 219 Å². The lowest BCUT2D eigenvalue weighted by Gasteiger charge is -2.26. The molecular weight excluding hydrogens is 490 g/mol. The summed E-state index contributed by atoms with van der Waals surface area (Å²) in [6, 6.07) is 18.0. The van der Waals surface area contributed by atoms with Gasteiger partial charge in [-0.2, -0.15) is 0 Å². The van der Waals surface area contributed by atoms with E-state index in [0.717, 1.165) is 17.2 Å². The number of benzene rings is 3. The molecular formula is C30H30F2N2O4. The maximum absolute atomic E-state index is 13.9. The quantitative estimate of drug-likeness (QED) is 0.267. The van der Waals surface area contributed by atoms with Crippen LogP contribution in [0.15, 0.2) is 76.3 Å². The van der Waals surface area contributed by atoms with Crippen LogP contribution in [0.2, 0.25) is 0 Å². The molecule has 0 heterocycles. The van der Waals surface area contributed by atoms with Gasteiger partial charge in [-0.15, -0.1) is 0 Å². The van der Waals surface area contributed by atoms with Crippen LogP contribution >= 0.6 is 0 Å². The largest absolute Gasteiger partial charge is 0.497 e. The summed E-state index contributed by atoms with van der Waals surface area (Å²) in [4.78, 5) is 24.4. The highest BCUT2D eigenvalue weighted by atomic mass is 19.2. The van der Waals surface area contributed by atoms with Gasteiger partial charge in [0.05, 0.1) is 13.2 Å². The third-order valence-electron chi connectivity index (χ3n) is 6.07. The summed E-state index contributed by atoms with van der Waals surface area (Å²) >= 11 is 0. The standard InChI is InChI=1S/C30H30F2N2O4/c1-17(19-11-14-23(31)24(32)16-19)33-25(18-9-12-22(37-5)13-10-18)20-7-6-8-21(15-20)34-26-27(35)28(36)29(26)38-30(2,3)4/h6-17,25,33-34H,1-5H3/t17-,25?/m0/s1. The van der Waals surface area contributed by atoms with E-state index in [-0.39, 0.29) is 23.5 Å². The van der Waals surface area contributed by atoms with Gasteiger partial charge in [-0.05, 0) is 80.8 Å². The Kier molecular flexibility index (Phi) is 7.64. The highest BCUT2D eigenvalue weighted by molar-refractivity contribution is 5.70. The molecule has 0 saturated heterocycles. The molecule has 4 aromatic rings. The third kappa shape index (κ3) is 5.92. The molecule has 0 amide bonds. The molecule has 8 heteroatoms. The summed E-state index contributed by atoms with van der Waals surface area (Å²) in [5.41, 5.74) is 1.11. The molecule has 6 nitrogen and oxygen atoms in total. The maximum atomic E-state index is 13.9. The van der Waals surface area contributed by atoms with Crippen molar-refractivity contribution in [1.29, 1.82) is 0 Å². The van der Waals surface area contributed by atoms with Crippen LogP contribution in [0.3, 0.4) is 0 Å². The van der Waals surface area contributed by atoms with Crippen LogP contribution in [-0.4, -0.2) is 12.7 Å². The Morgan fingerprint density at radius 3 is 2.13 bits per heavy atom. The van der Waals surface area contributed by atoms with Crippen molar-refractivity contribution in [2.45, 2.75) is 45.4 Å². The summed E-state index contributed by atoms with van der Waals surface area (Å²) in [5.74, 6) is -1.10. The predicted octanol–water partition coefficient (Wildman–Crippen LogP) is 5.93. The van der Waals surface area contributed by atoms with Crippen LogP contribution in [0.1, 0.15) is 56.5 Å². The maximum Gasteiger partial charge on any atom is 0.272 e. The SMILES string of the molecule is COc1ccc(C(N[C@@H](C)c2ccc(F)c(F)c2)c2cccc(Nc3c(OC(C)(C)C)c(=O)c3=O)c2)cc1. The second kappa shape index (κ2) is 10.8. The van der Waals surface area contributed by atoms with Gasteiger partial charge < -0.3 is 14.8 Å². The van der Waals surface area contributed by atoms with Crippen LogP contribution in [0.25, 0.3) is 0 Å². The smallest absolute Gasteiger partial charge is 0.272 e. The van der Waals surface area contributed by atoms with E-state index in [0.29, 0.717) is 17.0 Å². The van der Waals surface area contributed by atoms with Gasteiger partial charge in [-0.25, -0.2) is 8.78 Å². The first-order valence-electron chi connectivity index (χ1n) is 12.2. The number of hydrogen-bond donors (Lipinski definition) is 2. The van der Waals surface area contributed by atoms with Crippen LogP contribution in [-0.2, 0) is 0 Å².